The molecule has 27 heavy (non-hydrogen) atoms. The Morgan fingerprint density at radius 2 is 1.89 bits per heavy atom. The van der Waals surface area contributed by atoms with Gasteiger partial charge in [-0.05, 0) is 18.4 Å². The molecule has 0 saturated carbocycles. The second-order valence-corrected chi connectivity index (χ2v) is 7.03. The minimum absolute atomic E-state index is 0.182. The third kappa shape index (κ3) is 3.13. The van der Waals surface area contributed by atoms with Gasteiger partial charge >= 0.3 is 0 Å². The van der Waals surface area contributed by atoms with Crippen molar-refractivity contribution in [1.29, 1.82) is 0 Å². The van der Waals surface area contributed by atoms with Crippen LogP contribution in [0.25, 0.3) is 11.3 Å². The Hall–Kier alpha value is -2.64. The molecule has 0 radical (unpaired) electrons. The molecule has 0 spiro atoms. The van der Waals surface area contributed by atoms with Gasteiger partial charge in [0.2, 0.25) is 23.2 Å². The molecule has 2 heterocycles. The molecule has 1 aliphatic heterocycles. The second-order valence-electron chi connectivity index (χ2n) is 5.85. The topological polar surface area (TPSA) is 68.2 Å². The van der Waals surface area contributed by atoms with Crippen LogP contribution in [0.4, 0.5) is 5.69 Å². The number of carbonyl (C=O) groups excluding carboxylic acids is 1. The Kier molecular flexibility index (Phi) is 4.72. The average molecular weight is 399 g/mol. The van der Waals surface area contributed by atoms with Crippen LogP contribution >= 0.6 is 23.4 Å². The summed E-state index contributed by atoms with van der Waals surface area (Å²) in [6, 6.07) is 14.7. The van der Waals surface area contributed by atoms with E-state index in [9.17, 15) is 4.79 Å². The van der Waals surface area contributed by atoms with Crippen LogP contribution in [0.1, 0.15) is 18.7 Å². The zero-order chi connectivity index (χ0) is 19.0. The maximum atomic E-state index is 12.6. The van der Waals surface area contributed by atoms with Crippen molar-refractivity contribution in [3.8, 4) is 17.1 Å². The molecule has 2 aromatic carbocycles. The van der Waals surface area contributed by atoms with Gasteiger partial charge in [-0.3, -0.25) is 9.69 Å². The summed E-state index contributed by atoms with van der Waals surface area (Å²) >= 11 is 7.79. The van der Waals surface area contributed by atoms with Crippen molar-refractivity contribution in [3.05, 3.63) is 59.1 Å². The molecule has 0 saturated heterocycles. The van der Waals surface area contributed by atoms with E-state index in [4.69, 9.17) is 16.3 Å². The van der Waals surface area contributed by atoms with Gasteiger partial charge in [-0.2, -0.15) is 4.98 Å². The molecule has 136 valence electrons. The van der Waals surface area contributed by atoms with Gasteiger partial charge in [-0.25, -0.2) is 0 Å². The minimum Gasteiger partial charge on any atom is -0.447 e. The van der Waals surface area contributed by atoms with E-state index in [1.165, 1.54) is 18.7 Å². The van der Waals surface area contributed by atoms with Crippen molar-refractivity contribution in [2.75, 3.05) is 11.2 Å². The van der Waals surface area contributed by atoms with Crippen molar-refractivity contribution in [2.24, 2.45) is 0 Å². The lowest BCUT2D eigenvalue weighted by molar-refractivity contribution is -0.118. The molecule has 6 nitrogen and oxygen atoms in total. The predicted octanol–water partition coefficient (Wildman–Crippen LogP) is 4.36. The number of hydrogen-bond acceptors (Lipinski definition) is 6. The van der Waals surface area contributed by atoms with Gasteiger partial charge in [-0.1, -0.05) is 59.8 Å². The number of benzene rings is 2. The van der Waals surface area contributed by atoms with Crippen molar-refractivity contribution < 1.29 is 9.53 Å². The van der Waals surface area contributed by atoms with Crippen LogP contribution in [0.5, 0.6) is 5.88 Å². The molecular weight excluding hydrogens is 384 g/mol. The summed E-state index contributed by atoms with van der Waals surface area (Å²) in [5, 5.41) is 9.42. The Morgan fingerprint density at radius 1 is 1.15 bits per heavy atom. The number of aromatic nitrogens is 3. The third-order valence-electron chi connectivity index (χ3n) is 4.20. The van der Waals surface area contributed by atoms with E-state index in [0.29, 0.717) is 33.0 Å². The summed E-state index contributed by atoms with van der Waals surface area (Å²) in [5.74, 6) is 0.133. The summed E-state index contributed by atoms with van der Waals surface area (Å²) in [4.78, 5) is 18.7. The standard InChI is InChI=1S/C19H15ClN4O2S/c1-11(25)24-15-10-6-4-8-13(15)16-17(21-19(27-2)23-22-16)26-18(24)12-7-3-5-9-14(12)20/h3-10,18H,1-2H3/t18-/m0/s1. The maximum Gasteiger partial charge on any atom is 0.247 e. The lowest BCUT2D eigenvalue weighted by Gasteiger charge is -2.30. The van der Waals surface area contributed by atoms with Gasteiger partial charge in [0.15, 0.2) is 5.69 Å². The normalized spacial score (nSPS) is 15.4. The highest BCUT2D eigenvalue weighted by molar-refractivity contribution is 7.98. The molecule has 1 aliphatic rings. The first-order chi connectivity index (χ1) is 13.1. The van der Waals surface area contributed by atoms with E-state index in [1.807, 2.05) is 48.7 Å². The summed E-state index contributed by atoms with van der Waals surface area (Å²) in [6.45, 7) is 1.49. The molecule has 4 rings (SSSR count). The van der Waals surface area contributed by atoms with Crippen LogP contribution < -0.4 is 9.64 Å². The molecule has 0 N–H and O–H groups in total. The quantitative estimate of drug-likeness (QED) is 0.597. The number of nitrogens with zero attached hydrogens (tertiary/aromatic N) is 4. The van der Waals surface area contributed by atoms with Crippen molar-refractivity contribution >= 4 is 35.0 Å². The van der Waals surface area contributed by atoms with E-state index in [-0.39, 0.29) is 5.91 Å². The van der Waals surface area contributed by atoms with Crippen LogP contribution in [-0.4, -0.2) is 27.3 Å². The molecule has 8 heteroatoms. The third-order valence-corrected chi connectivity index (χ3v) is 5.09. The molecular formula is C19H15ClN4O2S. The molecule has 3 aromatic rings. The van der Waals surface area contributed by atoms with Gasteiger partial charge in [-0.15, -0.1) is 10.2 Å². The SMILES string of the molecule is CSc1nnc2c(n1)O[C@@H](c1ccccc1Cl)N(C(C)=O)c1ccccc1-2. The number of amides is 1. The van der Waals surface area contributed by atoms with Gasteiger partial charge in [0, 0.05) is 23.1 Å². The number of carbonyl (C=O) groups is 1. The Balaban J connectivity index is 2.00. The smallest absolute Gasteiger partial charge is 0.247 e. The van der Waals surface area contributed by atoms with Crippen molar-refractivity contribution in [2.45, 2.75) is 18.3 Å². The van der Waals surface area contributed by atoms with Gasteiger partial charge in [0.05, 0.1) is 5.69 Å². The Morgan fingerprint density at radius 3 is 2.63 bits per heavy atom. The molecule has 0 fully saturated rings. The number of anilines is 1. The van der Waals surface area contributed by atoms with E-state index in [2.05, 4.69) is 15.2 Å². The van der Waals surface area contributed by atoms with Crippen LogP contribution in [0, 0.1) is 0 Å². The fourth-order valence-electron chi connectivity index (χ4n) is 3.02. The fraction of sp³-hybridized carbons (Fsp3) is 0.158. The highest BCUT2D eigenvalue weighted by Crippen LogP contribution is 2.44. The predicted molar refractivity (Wildman–Crippen MR) is 105 cm³/mol. The average Bonchev–Trinajstić information content (AvgIpc) is 2.82. The number of ether oxygens (including phenoxy) is 1. The molecule has 0 aliphatic carbocycles. The second kappa shape index (κ2) is 7.17. The minimum atomic E-state index is -0.773. The summed E-state index contributed by atoms with van der Waals surface area (Å²) in [7, 11) is 0. The number of rotatable bonds is 2. The van der Waals surface area contributed by atoms with Crippen molar-refractivity contribution in [3.63, 3.8) is 0 Å². The van der Waals surface area contributed by atoms with E-state index in [1.54, 1.807) is 11.0 Å². The number of hydrogen-bond donors (Lipinski definition) is 0. The van der Waals surface area contributed by atoms with Crippen LogP contribution in [0.3, 0.4) is 0 Å². The van der Waals surface area contributed by atoms with E-state index >= 15 is 0 Å². The number of halogens is 1. The van der Waals surface area contributed by atoms with Crippen molar-refractivity contribution in [1.82, 2.24) is 15.2 Å². The van der Waals surface area contributed by atoms with Crippen LogP contribution in [0.15, 0.2) is 53.7 Å². The maximum absolute atomic E-state index is 12.6. The summed E-state index contributed by atoms with van der Waals surface area (Å²) < 4.78 is 6.22. The molecule has 1 amide bonds. The largest absolute Gasteiger partial charge is 0.447 e. The molecule has 0 unspecified atom stereocenters. The Labute approximate surface area is 165 Å². The number of thioether (sulfide) groups is 1. The van der Waals surface area contributed by atoms with Gasteiger partial charge < -0.3 is 4.74 Å². The van der Waals surface area contributed by atoms with Gasteiger partial charge in [0.1, 0.15) is 0 Å². The monoisotopic (exact) mass is 398 g/mol. The van der Waals surface area contributed by atoms with Crippen LogP contribution in [0.2, 0.25) is 5.02 Å². The zero-order valence-corrected chi connectivity index (χ0v) is 16.2. The Bertz CT molecular complexity index is 1030. The first-order valence-corrected chi connectivity index (χ1v) is 9.79. The first kappa shape index (κ1) is 17.8. The summed E-state index contributed by atoms with van der Waals surface area (Å²) in [5.41, 5.74) is 2.55. The number of fused-ring (bicyclic) bond motifs is 3. The lowest BCUT2D eigenvalue weighted by Crippen LogP contribution is -2.36. The molecule has 1 atom stereocenters. The van der Waals surface area contributed by atoms with E-state index in [0.717, 1.165) is 5.56 Å². The first-order valence-electron chi connectivity index (χ1n) is 8.19. The fourth-order valence-corrected chi connectivity index (χ4v) is 3.54. The zero-order valence-electron chi connectivity index (χ0n) is 14.6. The number of para-hydroxylation sites is 1. The highest BCUT2D eigenvalue weighted by Gasteiger charge is 2.35. The molecule has 0 bridgehead atoms. The highest BCUT2D eigenvalue weighted by atomic mass is 35.5. The van der Waals surface area contributed by atoms with E-state index < -0.39 is 6.23 Å². The summed E-state index contributed by atoms with van der Waals surface area (Å²) in [6.07, 6.45) is 1.09. The lowest BCUT2D eigenvalue weighted by atomic mass is 10.1. The van der Waals surface area contributed by atoms with Gasteiger partial charge in [0.25, 0.3) is 0 Å². The molecule has 1 aromatic heterocycles. The van der Waals surface area contributed by atoms with Crippen LogP contribution in [-0.2, 0) is 4.79 Å².